The van der Waals surface area contributed by atoms with E-state index in [2.05, 4.69) is 10.00 Å². The molecular formula is C21H27FN4O2. The number of carbonyl (C=O) groups is 1. The van der Waals surface area contributed by atoms with Crippen molar-refractivity contribution in [1.29, 1.82) is 0 Å². The van der Waals surface area contributed by atoms with E-state index in [1.807, 2.05) is 22.7 Å². The van der Waals surface area contributed by atoms with Crippen molar-refractivity contribution in [2.45, 2.75) is 44.3 Å². The highest BCUT2D eigenvalue weighted by Crippen LogP contribution is 2.33. The first-order valence-corrected chi connectivity index (χ1v) is 9.89. The van der Waals surface area contributed by atoms with Crippen LogP contribution in [0.4, 0.5) is 4.39 Å². The number of likely N-dealkylation sites (tertiary alicyclic amines) is 2. The van der Waals surface area contributed by atoms with Gasteiger partial charge in [0.05, 0.1) is 7.11 Å². The predicted octanol–water partition coefficient (Wildman–Crippen LogP) is 2.38. The number of hydrogen-bond donors (Lipinski definition) is 0. The fourth-order valence-corrected chi connectivity index (χ4v) is 4.61. The van der Waals surface area contributed by atoms with Crippen molar-refractivity contribution < 1.29 is 13.9 Å². The fraction of sp³-hybridized carbons (Fsp3) is 0.524. The molecular weight excluding hydrogens is 359 g/mol. The lowest BCUT2D eigenvalue weighted by Gasteiger charge is -2.26. The van der Waals surface area contributed by atoms with Crippen LogP contribution in [0.25, 0.3) is 0 Å². The number of rotatable bonds is 6. The number of aryl methyl sites for hydroxylation is 2. The van der Waals surface area contributed by atoms with Gasteiger partial charge in [0.25, 0.3) is 0 Å². The Kier molecular flexibility index (Phi) is 5.35. The van der Waals surface area contributed by atoms with E-state index in [9.17, 15) is 9.18 Å². The summed E-state index contributed by atoms with van der Waals surface area (Å²) < 4.78 is 21.2. The van der Waals surface area contributed by atoms with Gasteiger partial charge in [-0.15, -0.1) is 0 Å². The summed E-state index contributed by atoms with van der Waals surface area (Å²) in [5.41, 5.74) is 1.76. The Bertz CT molecular complexity index is 853. The minimum Gasteiger partial charge on any atom is -0.497 e. The largest absolute Gasteiger partial charge is 0.497 e. The van der Waals surface area contributed by atoms with Gasteiger partial charge in [0, 0.05) is 68.7 Å². The molecule has 7 heteroatoms. The summed E-state index contributed by atoms with van der Waals surface area (Å²) in [7, 11) is 3.44. The van der Waals surface area contributed by atoms with Gasteiger partial charge in [0.15, 0.2) is 0 Å². The van der Waals surface area contributed by atoms with Crippen LogP contribution in [0.2, 0.25) is 0 Å². The zero-order valence-corrected chi connectivity index (χ0v) is 16.5. The van der Waals surface area contributed by atoms with Gasteiger partial charge >= 0.3 is 0 Å². The summed E-state index contributed by atoms with van der Waals surface area (Å²) in [5.74, 6) is 0.516. The molecule has 1 amide bonds. The molecule has 2 atom stereocenters. The van der Waals surface area contributed by atoms with Crippen molar-refractivity contribution in [2.75, 3.05) is 20.2 Å². The third kappa shape index (κ3) is 3.63. The van der Waals surface area contributed by atoms with Crippen LogP contribution in [0, 0.1) is 5.82 Å². The Morgan fingerprint density at radius 3 is 2.79 bits per heavy atom. The van der Waals surface area contributed by atoms with E-state index in [4.69, 9.17) is 4.74 Å². The normalized spacial score (nSPS) is 21.9. The highest BCUT2D eigenvalue weighted by molar-refractivity contribution is 5.77. The van der Waals surface area contributed by atoms with Crippen LogP contribution in [-0.2, 0) is 24.8 Å². The first-order valence-electron chi connectivity index (χ1n) is 9.89. The fourth-order valence-electron chi connectivity index (χ4n) is 4.61. The lowest BCUT2D eigenvalue weighted by Crippen LogP contribution is -2.39. The second kappa shape index (κ2) is 7.91. The van der Waals surface area contributed by atoms with Crippen molar-refractivity contribution >= 4 is 5.91 Å². The van der Waals surface area contributed by atoms with Crippen LogP contribution in [0.3, 0.4) is 0 Å². The number of ether oxygens (including phenoxy) is 1. The molecule has 0 unspecified atom stereocenters. The molecule has 0 bridgehead atoms. The maximum absolute atomic E-state index is 14.3. The van der Waals surface area contributed by atoms with Crippen LogP contribution in [-0.4, -0.2) is 57.8 Å². The molecule has 4 rings (SSSR count). The van der Waals surface area contributed by atoms with Gasteiger partial charge in [0.1, 0.15) is 11.6 Å². The van der Waals surface area contributed by atoms with Crippen LogP contribution in [0.1, 0.15) is 30.5 Å². The minimum absolute atomic E-state index is 0.214. The van der Waals surface area contributed by atoms with Gasteiger partial charge in [-0.25, -0.2) is 4.39 Å². The molecule has 2 aliphatic heterocycles. The maximum atomic E-state index is 14.3. The first-order chi connectivity index (χ1) is 13.6. The third-order valence-electron chi connectivity index (χ3n) is 6.16. The van der Waals surface area contributed by atoms with E-state index in [0.29, 0.717) is 36.7 Å². The number of fused-ring (bicyclic) bond motifs is 1. The van der Waals surface area contributed by atoms with Gasteiger partial charge in [-0.05, 0) is 31.4 Å². The molecule has 6 nitrogen and oxygen atoms in total. The number of nitrogens with zero attached hydrogens (tertiary/aromatic N) is 4. The molecule has 2 aliphatic rings. The highest BCUT2D eigenvalue weighted by atomic mass is 19.1. The Morgan fingerprint density at radius 2 is 2.07 bits per heavy atom. The predicted molar refractivity (Wildman–Crippen MR) is 103 cm³/mol. The van der Waals surface area contributed by atoms with Crippen LogP contribution < -0.4 is 4.74 Å². The van der Waals surface area contributed by atoms with Gasteiger partial charge in [-0.1, -0.05) is 6.07 Å². The highest BCUT2D eigenvalue weighted by Gasteiger charge is 2.44. The van der Waals surface area contributed by atoms with Crippen molar-refractivity contribution in [3.8, 4) is 5.75 Å². The summed E-state index contributed by atoms with van der Waals surface area (Å²) in [5, 5.41) is 4.16. The summed E-state index contributed by atoms with van der Waals surface area (Å²) >= 11 is 0. The number of carbonyl (C=O) groups excluding carboxylic acids is 1. The van der Waals surface area contributed by atoms with E-state index in [-0.39, 0.29) is 17.8 Å². The molecule has 150 valence electrons. The monoisotopic (exact) mass is 386 g/mol. The van der Waals surface area contributed by atoms with Crippen molar-refractivity contribution in [3.05, 3.63) is 47.5 Å². The third-order valence-corrected chi connectivity index (χ3v) is 6.16. The Labute approximate surface area is 164 Å². The quantitative estimate of drug-likeness (QED) is 0.765. The minimum atomic E-state index is -0.232. The molecule has 1 aromatic heterocycles. The second-order valence-electron chi connectivity index (χ2n) is 7.67. The van der Waals surface area contributed by atoms with Crippen LogP contribution >= 0.6 is 0 Å². The number of aromatic nitrogens is 2. The molecule has 0 aliphatic carbocycles. The van der Waals surface area contributed by atoms with Gasteiger partial charge < -0.3 is 9.64 Å². The molecule has 2 aromatic rings. The molecule has 2 fully saturated rings. The van der Waals surface area contributed by atoms with Gasteiger partial charge in [-0.3, -0.25) is 14.4 Å². The summed E-state index contributed by atoms with van der Waals surface area (Å²) in [4.78, 5) is 17.2. The van der Waals surface area contributed by atoms with Gasteiger partial charge in [-0.2, -0.15) is 5.10 Å². The molecule has 0 saturated carbocycles. The Balaban J connectivity index is 1.36. The van der Waals surface area contributed by atoms with E-state index in [1.54, 1.807) is 18.3 Å². The smallest absolute Gasteiger partial charge is 0.223 e. The SMILES string of the molecule is COc1ccc(CN2CC[C@H]3[C@@H]2CCN3C(=O)CCc2ccnn2C)c(F)c1. The molecule has 0 radical (unpaired) electrons. The molecule has 2 saturated heterocycles. The number of methoxy groups -OCH3 is 1. The Morgan fingerprint density at radius 1 is 1.25 bits per heavy atom. The second-order valence-corrected chi connectivity index (χ2v) is 7.67. The summed E-state index contributed by atoms with van der Waals surface area (Å²) in [6, 6.07) is 7.57. The van der Waals surface area contributed by atoms with Crippen LogP contribution in [0.15, 0.2) is 30.5 Å². The van der Waals surface area contributed by atoms with Crippen molar-refractivity contribution in [3.63, 3.8) is 0 Å². The summed E-state index contributed by atoms with van der Waals surface area (Å²) in [6.45, 7) is 2.27. The zero-order chi connectivity index (χ0) is 19.7. The number of hydrogen-bond acceptors (Lipinski definition) is 4. The number of benzene rings is 1. The first kappa shape index (κ1) is 18.9. The number of halogens is 1. The average molecular weight is 386 g/mol. The zero-order valence-electron chi connectivity index (χ0n) is 16.5. The molecule has 1 aromatic carbocycles. The van der Waals surface area contributed by atoms with Gasteiger partial charge in [0.2, 0.25) is 5.91 Å². The average Bonchev–Trinajstić information content (AvgIpc) is 3.39. The van der Waals surface area contributed by atoms with E-state index in [0.717, 1.165) is 31.6 Å². The number of amides is 1. The maximum Gasteiger partial charge on any atom is 0.223 e. The van der Waals surface area contributed by atoms with Crippen molar-refractivity contribution in [2.24, 2.45) is 7.05 Å². The van der Waals surface area contributed by atoms with Crippen LogP contribution in [0.5, 0.6) is 5.75 Å². The molecule has 28 heavy (non-hydrogen) atoms. The van der Waals surface area contributed by atoms with Crippen molar-refractivity contribution in [1.82, 2.24) is 19.6 Å². The lowest BCUT2D eigenvalue weighted by atomic mass is 10.1. The molecule has 3 heterocycles. The standard InChI is InChI=1S/C21H27FN4O2/c1-24-16(7-10-23-24)4-6-21(27)26-12-9-19-20(26)8-11-25(19)14-15-3-5-17(28-2)13-18(15)22/h3,5,7,10,13,19-20H,4,6,8-9,11-12,14H2,1-2H3/t19-,20-/m0/s1. The molecule has 0 N–H and O–H groups in total. The lowest BCUT2D eigenvalue weighted by molar-refractivity contribution is -0.132. The topological polar surface area (TPSA) is 50.6 Å². The Hall–Kier alpha value is -2.41. The molecule has 0 spiro atoms. The van der Waals surface area contributed by atoms with E-state index >= 15 is 0 Å². The van der Waals surface area contributed by atoms with E-state index < -0.39 is 0 Å². The summed E-state index contributed by atoms with van der Waals surface area (Å²) in [6.07, 6.45) is 4.90. The van der Waals surface area contributed by atoms with E-state index in [1.165, 1.54) is 13.2 Å².